The molecule has 0 saturated heterocycles. The molecule has 0 fully saturated rings. The van der Waals surface area contributed by atoms with Gasteiger partial charge in [0.2, 0.25) is 0 Å². The molecule has 82 valence electrons. The van der Waals surface area contributed by atoms with Crippen molar-refractivity contribution < 1.29 is 13.2 Å². The monoisotopic (exact) mass is 227 g/mol. The summed E-state index contributed by atoms with van der Waals surface area (Å²) in [6.45, 7) is 1.63. The number of hydrogen-bond acceptors (Lipinski definition) is 4. The molecule has 0 aliphatic carbocycles. The van der Waals surface area contributed by atoms with Crippen molar-refractivity contribution >= 4 is 9.84 Å². The lowest BCUT2D eigenvalue weighted by molar-refractivity contribution is 0.413. The summed E-state index contributed by atoms with van der Waals surface area (Å²) in [4.78, 5) is 0.336. The van der Waals surface area contributed by atoms with Crippen LogP contribution >= 0.6 is 0 Å². The Labute approximate surface area is 89.0 Å². The summed E-state index contributed by atoms with van der Waals surface area (Å²) in [5.41, 5.74) is 6.51. The highest BCUT2D eigenvalue weighted by atomic mass is 32.2. The maximum Gasteiger partial charge on any atom is 0.183 e. The standard InChI is InChI=1S/C10H13NO3S/c1-6-10(11)8-5-7(14-2)3-4-9(8)15(6,12)13/h3-6,10H,11H2,1-2H3. The SMILES string of the molecule is COc1ccc2c(c1)C(N)C(C)S2(=O)=O. The second-order valence-corrected chi connectivity index (χ2v) is 5.95. The summed E-state index contributed by atoms with van der Waals surface area (Å²) in [5, 5.41) is -0.556. The highest BCUT2D eigenvalue weighted by Gasteiger charge is 2.40. The van der Waals surface area contributed by atoms with E-state index >= 15 is 0 Å². The topological polar surface area (TPSA) is 69.4 Å². The van der Waals surface area contributed by atoms with Crippen molar-refractivity contribution in [3.8, 4) is 5.75 Å². The van der Waals surface area contributed by atoms with Gasteiger partial charge in [0.15, 0.2) is 9.84 Å². The highest BCUT2D eigenvalue weighted by Crippen LogP contribution is 2.38. The van der Waals surface area contributed by atoms with Crippen molar-refractivity contribution in [1.82, 2.24) is 0 Å². The fourth-order valence-electron chi connectivity index (χ4n) is 1.82. The lowest BCUT2D eigenvalue weighted by atomic mass is 10.1. The van der Waals surface area contributed by atoms with E-state index in [-0.39, 0.29) is 0 Å². The number of nitrogens with two attached hydrogens (primary N) is 1. The van der Waals surface area contributed by atoms with Crippen LogP contribution < -0.4 is 10.5 Å². The van der Waals surface area contributed by atoms with Gasteiger partial charge >= 0.3 is 0 Å². The minimum absolute atomic E-state index is 0.336. The second kappa shape index (κ2) is 3.21. The predicted octanol–water partition coefficient (Wildman–Crippen LogP) is 0.871. The third kappa shape index (κ3) is 1.34. The molecule has 15 heavy (non-hydrogen) atoms. The third-order valence-corrected chi connectivity index (χ3v) is 5.13. The summed E-state index contributed by atoms with van der Waals surface area (Å²) in [6.07, 6.45) is 0. The van der Waals surface area contributed by atoms with E-state index in [0.29, 0.717) is 16.2 Å². The summed E-state index contributed by atoms with van der Waals surface area (Å²) >= 11 is 0. The van der Waals surface area contributed by atoms with Gasteiger partial charge in [-0.25, -0.2) is 8.42 Å². The molecule has 2 atom stereocenters. The Kier molecular flexibility index (Phi) is 2.24. The molecule has 0 spiro atoms. The molecule has 2 rings (SSSR count). The first-order valence-electron chi connectivity index (χ1n) is 4.66. The Balaban J connectivity index is 2.67. The first kappa shape index (κ1) is 10.4. The average Bonchev–Trinajstić information content (AvgIpc) is 2.40. The van der Waals surface area contributed by atoms with Crippen LogP contribution in [0.1, 0.15) is 18.5 Å². The van der Waals surface area contributed by atoms with Crippen LogP contribution in [0.4, 0.5) is 0 Å². The van der Waals surface area contributed by atoms with Crippen molar-refractivity contribution in [3.05, 3.63) is 23.8 Å². The normalized spacial score (nSPS) is 27.4. The molecule has 1 aromatic rings. The molecule has 2 unspecified atom stereocenters. The van der Waals surface area contributed by atoms with Crippen LogP contribution in [0.2, 0.25) is 0 Å². The molecule has 4 nitrogen and oxygen atoms in total. The van der Waals surface area contributed by atoms with Crippen LogP contribution in [0.5, 0.6) is 5.75 Å². The zero-order chi connectivity index (χ0) is 11.2. The van der Waals surface area contributed by atoms with Gasteiger partial charge in [-0.15, -0.1) is 0 Å². The molecule has 1 heterocycles. The van der Waals surface area contributed by atoms with Gasteiger partial charge in [-0.3, -0.25) is 0 Å². The van der Waals surface area contributed by atoms with Crippen molar-refractivity contribution in [2.24, 2.45) is 5.73 Å². The zero-order valence-corrected chi connectivity index (χ0v) is 9.41. The zero-order valence-electron chi connectivity index (χ0n) is 8.60. The minimum atomic E-state index is -3.24. The van der Waals surface area contributed by atoms with E-state index in [0.717, 1.165) is 0 Å². The van der Waals surface area contributed by atoms with Crippen molar-refractivity contribution in [2.75, 3.05) is 7.11 Å². The number of sulfone groups is 1. The molecular formula is C10H13NO3S. The van der Waals surface area contributed by atoms with Crippen LogP contribution in [-0.2, 0) is 9.84 Å². The lowest BCUT2D eigenvalue weighted by Gasteiger charge is -2.08. The van der Waals surface area contributed by atoms with Gasteiger partial charge in [0.25, 0.3) is 0 Å². The molecule has 1 aliphatic rings. The quantitative estimate of drug-likeness (QED) is 0.773. The van der Waals surface area contributed by atoms with Gasteiger partial charge in [0.1, 0.15) is 5.75 Å². The summed E-state index contributed by atoms with van der Waals surface area (Å²) in [5.74, 6) is 0.633. The Bertz CT molecular complexity index is 495. The predicted molar refractivity (Wildman–Crippen MR) is 56.6 cm³/mol. The second-order valence-electron chi connectivity index (χ2n) is 3.68. The smallest absolute Gasteiger partial charge is 0.183 e. The van der Waals surface area contributed by atoms with E-state index in [9.17, 15) is 8.42 Å². The molecular weight excluding hydrogens is 214 g/mol. The van der Waals surface area contributed by atoms with Gasteiger partial charge in [0.05, 0.1) is 17.3 Å². The van der Waals surface area contributed by atoms with Crippen LogP contribution in [0.25, 0.3) is 0 Å². The Morgan fingerprint density at radius 1 is 1.40 bits per heavy atom. The molecule has 0 aromatic heterocycles. The Morgan fingerprint density at radius 3 is 2.67 bits per heavy atom. The Hall–Kier alpha value is -1.07. The summed E-state index contributed by atoms with van der Waals surface area (Å²) in [7, 11) is -1.70. The molecule has 2 N–H and O–H groups in total. The van der Waals surface area contributed by atoms with Crippen molar-refractivity contribution in [2.45, 2.75) is 23.1 Å². The minimum Gasteiger partial charge on any atom is -0.497 e. The number of fused-ring (bicyclic) bond motifs is 1. The van der Waals surface area contributed by atoms with E-state index in [4.69, 9.17) is 10.5 Å². The Morgan fingerprint density at radius 2 is 2.07 bits per heavy atom. The number of rotatable bonds is 1. The van der Waals surface area contributed by atoms with Crippen LogP contribution in [-0.4, -0.2) is 20.8 Å². The number of methoxy groups -OCH3 is 1. The molecule has 1 aromatic carbocycles. The number of benzene rings is 1. The summed E-state index contributed by atoms with van der Waals surface area (Å²) in [6, 6.07) is 4.44. The number of hydrogen-bond donors (Lipinski definition) is 1. The van der Waals surface area contributed by atoms with E-state index in [2.05, 4.69) is 0 Å². The fourth-order valence-corrected chi connectivity index (χ4v) is 3.53. The molecule has 0 radical (unpaired) electrons. The molecule has 0 amide bonds. The van der Waals surface area contributed by atoms with Crippen LogP contribution in [0, 0.1) is 0 Å². The van der Waals surface area contributed by atoms with E-state index in [1.165, 1.54) is 0 Å². The van der Waals surface area contributed by atoms with Crippen LogP contribution in [0.15, 0.2) is 23.1 Å². The van der Waals surface area contributed by atoms with E-state index in [1.807, 2.05) is 0 Å². The maximum absolute atomic E-state index is 11.9. The third-order valence-electron chi connectivity index (χ3n) is 2.88. The van der Waals surface area contributed by atoms with E-state index in [1.54, 1.807) is 32.2 Å². The lowest BCUT2D eigenvalue weighted by Crippen LogP contribution is -2.23. The van der Waals surface area contributed by atoms with Crippen molar-refractivity contribution in [3.63, 3.8) is 0 Å². The molecule has 1 aliphatic heterocycles. The van der Waals surface area contributed by atoms with E-state index < -0.39 is 21.1 Å². The first-order chi connectivity index (χ1) is 6.98. The molecule has 0 saturated carbocycles. The first-order valence-corrected chi connectivity index (χ1v) is 6.20. The fraction of sp³-hybridized carbons (Fsp3) is 0.400. The van der Waals surface area contributed by atoms with Gasteiger partial charge in [-0.1, -0.05) is 0 Å². The van der Waals surface area contributed by atoms with Gasteiger partial charge in [0, 0.05) is 6.04 Å². The summed E-state index contributed by atoms with van der Waals surface area (Å²) < 4.78 is 28.8. The maximum atomic E-state index is 11.9. The average molecular weight is 227 g/mol. The van der Waals surface area contributed by atoms with Gasteiger partial charge < -0.3 is 10.5 Å². The van der Waals surface area contributed by atoms with Crippen molar-refractivity contribution in [1.29, 1.82) is 0 Å². The van der Waals surface area contributed by atoms with Gasteiger partial charge in [-0.05, 0) is 30.7 Å². The van der Waals surface area contributed by atoms with Crippen LogP contribution in [0.3, 0.4) is 0 Å². The molecule has 0 bridgehead atoms. The van der Waals surface area contributed by atoms with Gasteiger partial charge in [-0.2, -0.15) is 0 Å². The molecule has 5 heteroatoms. The number of ether oxygens (including phenoxy) is 1. The highest BCUT2D eigenvalue weighted by molar-refractivity contribution is 7.92. The largest absolute Gasteiger partial charge is 0.497 e.